The van der Waals surface area contributed by atoms with Crippen molar-refractivity contribution in [3.05, 3.63) is 52.6 Å². The number of nitrogens with zero attached hydrogens (tertiary/aromatic N) is 4. The van der Waals surface area contributed by atoms with Crippen molar-refractivity contribution in [3.63, 3.8) is 0 Å². The number of aryl methyl sites for hydroxylation is 1. The SMILES string of the molecule is COc1ccc(C(=O)N2CCC(Cn3c(=O)n(C)c4cccnc43)CC2)cc1OC. The van der Waals surface area contributed by atoms with Crippen LogP contribution >= 0.6 is 0 Å². The summed E-state index contributed by atoms with van der Waals surface area (Å²) >= 11 is 0. The number of carbonyl (C=O) groups is 1. The zero-order valence-electron chi connectivity index (χ0n) is 17.5. The van der Waals surface area contributed by atoms with E-state index in [4.69, 9.17) is 9.47 Å². The molecule has 8 nitrogen and oxygen atoms in total. The number of benzene rings is 1. The number of ether oxygens (including phenoxy) is 2. The summed E-state index contributed by atoms with van der Waals surface area (Å²) in [4.78, 5) is 31.8. The number of rotatable bonds is 5. The average molecular weight is 410 g/mol. The van der Waals surface area contributed by atoms with Gasteiger partial charge in [0, 0.05) is 38.4 Å². The molecule has 1 saturated heterocycles. The van der Waals surface area contributed by atoms with Gasteiger partial charge in [0.25, 0.3) is 5.91 Å². The molecule has 0 bridgehead atoms. The van der Waals surface area contributed by atoms with Crippen molar-refractivity contribution in [1.29, 1.82) is 0 Å². The summed E-state index contributed by atoms with van der Waals surface area (Å²) in [6.07, 6.45) is 3.39. The van der Waals surface area contributed by atoms with E-state index in [0.717, 1.165) is 18.4 Å². The van der Waals surface area contributed by atoms with Crippen LogP contribution in [0.1, 0.15) is 23.2 Å². The first-order chi connectivity index (χ1) is 14.5. The standard InChI is InChI=1S/C22H26N4O4/c1-24-17-5-4-10-23-20(17)26(22(24)28)14-15-8-11-25(12-9-15)21(27)16-6-7-18(29-2)19(13-16)30-3/h4-7,10,13,15H,8-9,11-12,14H2,1-3H3. The third-order valence-corrected chi connectivity index (χ3v) is 5.87. The summed E-state index contributed by atoms with van der Waals surface area (Å²) in [5.74, 6) is 1.45. The van der Waals surface area contributed by atoms with Crippen LogP contribution in [-0.4, -0.2) is 52.2 Å². The molecule has 158 valence electrons. The first-order valence-electron chi connectivity index (χ1n) is 10.0. The number of aromatic nitrogens is 3. The molecule has 0 atom stereocenters. The maximum absolute atomic E-state index is 12.9. The number of hydrogen-bond donors (Lipinski definition) is 0. The zero-order chi connectivity index (χ0) is 21.3. The van der Waals surface area contributed by atoms with Crippen LogP contribution in [0.25, 0.3) is 11.2 Å². The molecule has 0 aliphatic carbocycles. The lowest BCUT2D eigenvalue weighted by Crippen LogP contribution is -2.40. The van der Waals surface area contributed by atoms with Crippen LogP contribution in [0.3, 0.4) is 0 Å². The van der Waals surface area contributed by atoms with E-state index in [9.17, 15) is 9.59 Å². The van der Waals surface area contributed by atoms with E-state index in [-0.39, 0.29) is 11.6 Å². The summed E-state index contributed by atoms with van der Waals surface area (Å²) in [6.45, 7) is 1.93. The molecule has 1 fully saturated rings. The Balaban J connectivity index is 1.44. The van der Waals surface area contributed by atoms with Gasteiger partial charge in [-0.1, -0.05) is 0 Å². The summed E-state index contributed by atoms with van der Waals surface area (Å²) < 4.78 is 13.9. The maximum atomic E-state index is 12.9. The van der Waals surface area contributed by atoms with E-state index >= 15 is 0 Å². The molecule has 2 aromatic heterocycles. The van der Waals surface area contributed by atoms with Crippen LogP contribution < -0.4 is 15.2 Å². The Hall–Kier alpha value is -3.29. The molecule has 1 aliphatic heterocycles. The van der Waals surface area contributed by atoms with Crippen molar-refractivity contribution in [1.82, 2.24) is 19.0 Å². The van der Waals surface area contributed by atoms with E-state index < -0.39 is 0 Å². The monoisotopic (exact) mass is 410 g/mol. The fourth-order valence-electron chi connectivity index (χ4n) is 4.13. The third kappa shape index (κ3) is 3.53. The Morgan fingerprint density at radius 2 is 1.87 bits per heavy atom. The second-order valence-corrected chi connectivity index (χ2v) is 7.60. The molecule has 1 aromatic carbocycles. The number of amides is 1. The first-order valence-corrected chi connectivity index (χ1v) is 10.0. The Bertz CT molecular complexity index is 1130. The van der Waals surface area contributed by atoms with Crippen molar-refractivity contribution in [2.75, 3.05) is 27.3 Å². The van der Waals surface area contributed by atoms with Gasteiger partial charge in [0.1, 0.15) is 0 Å². The van der Waals surface area contributed by atoms with Crippen LogP contribution in [0.4, 0.5) is 0 Å². The highest BCUT2D eigenvalue weighted by Gasteiger charge is 2.26. The van der Waals surface area contributed by atoms with Crippen LogP contribution in [0.5, 0.6) is 11.5 Å². The van der Waals surface area contributed by atoms with E-state index in [1.165, 1.54) is 0 Å². The minimum absolute atomic E-state index is 0.0154. The van der Waals surface area contributed by atoms with Gasteiger partial charge in [-0.2, -0.15) is 0 Å². The second-order valence-electron chi connectivity index (χ2n) is 7.60. The van der Waals surface area contributed by atoms with Gasteiger partial charge in [-0.15, -0.1) is 0 Å². The Kier molecular flexibility index (Phi) is 5.48. The Labute approximate surface area is 174 Å². The lowest BCUT2D eigenvalue weighted by atomic mass is 9.96. The summed E-state index contributed by atoms with van der Waals surface area (Å²) in [7, 11) is 4.90. The maximum Gasteiger partial charge on any atom is 0.330 e. The lowest BCUT2D eigenvalue weighted by Gasteiger charge is -2.32. The largest absolute Gasteiger partial charge is 0.493 e. The third-order valence-electron chi connectivity index (χ3n) is 5.87. The van der Waals surface area contributed by atoms with Crippen molar-refractivity contribution >= 4 is 17.1 Å². The Morgan fingerprint density at radius 1 is 1.13 bits per heavy atom. The summed E-state index contributed by atoms with van der Waals surface area (Å²) in [5, 5.41) is 0. The number of pyridine rings is 1. The van der Waals surface area contributed by atoms with Crippen molar-refractivity contribution in [2.45, 2.75) is 19.4 Å². The second kappa shape index (κ2) is 8.22. The molecular formula is C22H26N4O4. The smallest absolute Gasteiger partial charge is 0.330 e. The van der Waals surface area contributed by atoms with Crippen LogP contribution in [0.2, 0.25) is 0 Å². The number of carbonyl (C=O) groups excluding carboxylic acids is 1. The zero-order valence-corrected chi connectivity index (χ0v) is 17.5. The molecule has 1 amide bonds. The van der Waals surface area contributed by atoms with Gasteiger partial charge in [0.05, 0.1) is 19.7 Å². The number of likely N-dealkylation sites (tertiary alicyclic amines) is 1. The molecule has 8 heteroatoms. The molecule has 0 spiro atoms. The highest BCUT2D eigenvalue weighted by Crippen LogP contribution is 2.29. The predicted octanol–water partition coefficient (Wildman–Crippen LogP) is 2.30. The highest BCUT2D eigenvalue weighted by atomic mass is 16.5. The van der Waals surface area contributed by atoms with Crippen molar-refractivity contribution in [2.24, 2.45) is 13.0 Å². The molecule has 0 saturated carbocycles. The summed E-state index contributed by atoms with van der Waals surface area (Å²) in [5.41, 5.74) is 2.09. The topological polar surface area (TPSA) is 78.6 Å². The minimum Gasteiger partial charge on any atom is -0.493 e. The molecule has 1 aliphatic rings. The number of imidazole rings is 1. The minimum atomic E-state index is -0.0486. The number of piperidine rings is 1. The number of hydrogen-bond acceptors (Lipinski definition) is 5. The molecule has 30 heavy (non-hydrogen) atoms. The Morgan fingerprint density at radius 3 is 2.57 bits per heavy atom. The molecule has 3 aromatic rings. The molecular weight excluding hydrogens is 384 g/mol. The van der Waals surface area contributed by atoms with Crippen molar-refractivity contribution < 1.29 is 14.3 Å². The van der Waals surface area contributed by atoms with Gasteiger partial charge < -0.3 is 14.4 Å². The van der Waals surface area contributed by atoms with Gasteiger partial charge in [-0.05, 0) is 49.1 Å². The van der Waals surface area contributed by atoms with Gasteiger partial charge in [0.15, 0.2) is 17.1 Å². The lowest BCUT2D eigenvalue weighted by molar-refractivity contribution is 0.0682. The molecule has 4 rings (SSSR count). The van der Waals surface area contributed by atoms with Crippen LogP contribution in [-0.2, 0) is 13.6 Å². The van der Waals surface area contributed by atoms with Crippen LogP contribution in [0, 0.1) is 5.92 Å². The molecule has 0 unspecified atom stereocenters. The van der Waals surface area contributed by atoms with E-state index in [1.54, 1.807) is 54.8 Å². The number of fused-ring (bicyclic) bond motifs is 1. The molecule has 3 heterocycles. The van der Waals surface area contributed by atoms with E-state index in [1.807, 2.05) is 17.0 Å². The quantitative estimate of drug-likeness (QED) is 0.645. The fourth-order valence-corrected chi connectivity index (χ4v) is 4.13. The van der Waals surface area contributed by atoms with E-state index in [0.29, 0.717) is 48.3 Å². The fraction of sp³-hybridized carbons (Fsp3) is 0.409. The van der Waals surface area contributed by atoms with Gasteiger partial charge in [0.2, 0.25) is 0 Å². The highest BCUT2D eigenvalue weighted by molar-refractivity contribution is 5.95. The molecule has 0 N–H and O–H groups in total. The van der Waals surface area contributed by atoms with E-state index in [2.05, 4.69) is 4.98 Å². The first kappa shape index (κ1) is 20.0. The van der Waals surface area contributed by atoms with Gasteiger partial charge >= 0.3 is 5.69 Å². The summed E-state index contributed by atoms with van der Waals surface area (Å²) in [6, 6.07) is 8.97. The van der Waals surface area contributed by atoms with Gasteiger partial charge in [-0.25, -0.2) is 9.78 Å². The average Bonchev–Trinajstić information content (AvgIpc) is 3.03. The normalized spacial score (nSPS) is 14.8. The molecule has 0 radical (unpaired) electrons. The van der Waals surface area contributed by atoms with Gasteiger partial charge in [-0.3, -0.25) is 13.9 Å². The van der Waals surface area contributed by atoms with Crippen LogP contribution in [0.15, 0.2) is 41.3 Å². The predicted molar refractivity (Wildman–Crippen MR) is 113 cm³/mol. The van der Waals surface area contributed by atoms with Crippen molar-refractivity contribution in [3.8, 4) is 11.5 Å². The number of methoxy groups -OCH3 is 2.